The maximum absolute atomic E-state index is 11.0. The van der Waals surface area contributed by atoms with Crippen LogP contribution < -0.4 is 5.32 Å². The van der Waals surface area contributed by atoms with Crippen LogP contribution in [0.15, 0.2) is 24.3 Å². The summed E-state index contributed by atoms with van der Waals surface area (Å²) in [5, 5.41) is 11.5. The van der Waals surface area contributed by atoms with Gasteiger partial charge in [-0.05, 0) is 24.1 Å². The number of benzene rings is 1. The Hall–Kier alpha value is -1.82. The molecule has 1 amide bonds. The second-order valence-corrected chi connectivity index (χ2v) is 3.39. The number of amides is 1. The van der Waals surface area contributed by atoms with Gasteiger partial charge in [0.2, 0.25) is 5.91 Å². The lowest BCUT2D eigenvalue weighted by Crippen LogP contribution is -2.18. The Bertz CT molecular complexity index is 389. The number of hydrogen-bond acceptors (Lipinski definition) is 2. The minimum Gasteiger partial charge on any atom is -0.349 e. The van der Waals surface area contributed by atoms with Crippen molar-refractivity contribution in [1.29, 1.82) is 5.26 Å². The molecule has 1 aromatic rings. The molecular formula is C11H10N2O. The fourth-order valence-electron chi connectivity index (χ4n) is 1.65. The molecule has 1 saturated heterocycles. The van der Waals surface area contributed by atoms with Crippen molar-refractivity contribution in [2.24, 2.45) is 0 Å². The van der Waals surface area contributed by atoms with E-state index in [0.717, 1.165) is 12.0 Å². The van der Waals surface area contributed by atoms with E-state index in [9.17, 15) is 4.79 Å². The third-order valence-electron chi connectivity index (χ3n) is 2.44. The molecule has 1 N–H and O–H groups in total. The predicted octanol–water partition coefficient (Wildman–Crippen LogP) is 1.51. The van der Waals surface area contributed by atoms with E-state index >= 15 is 0 Å². The van der Waals surface area contributed by atoms with Crippen LogP contribution in [-0.4, -0.2) is 5.91 Å². The van der Waals surface area contributed by atoms with Gasteiger partial charge in [0.25, 0.3) is 0 Å². The molecule has 0 aromatic heterocycles. The second kappa shape index (κ2) is 3.51. The van der Waals surface area contributed by atoms with E-state index in [1.807, 2.05) is 12.1 Å². The van der Waals surface area contributed by atoms with E-state index in [2.05, 4.69) is 11.4 Å². The van der Waals surface area contributed by atoms with Gasteiger partial charge in [-0.25, -0.2) is 0 Å². The molecule has 0 bridgehead atoms. The molecule has 0 aliphatic carbocycles. The van der Waals surface area contributed by atoms with E-state index in [1.54, 1.807) is 12.1 Å². The van der Waals surface area contributed by atoms with Gasteiger partial charge in [0.05, 0.1) is 17.7 Å². The van der Waals surface area contributed by atoms with Gasteiger partial charge in [0.1, 0.15) is 0 Å². The molecule has 0 unspecified atom stereocenters. The van der Waals surface area contributed by atoms with Crippen LogP contribution in [0.25, 0.3) is 0 Å². The summed E-state index contributed by atoms with van der Waals surface area (Å²) in [6.07, 6.45) is 1.45. The molecule has 1 heterocycles. The fraction of sp³-hybridized carbons (Fsp3) is 0.273. The van der Waals surface area contributed by atoms with Crippen molar-refractivity contribution in [3.63, 3.8) is 0 Å². The summed E-state index contributed by atoms with van der Waals surface area (Å²) in [5.41, 5.74) is 1.73. The lowest BCUT2D eigenvalue weighted by Gasteiger charge is -2.09. The van der Waals surface area contributed by atoms with Crippen molar-refractivity contribution in [3.05, 3.63) is 35.4 Å². The smallest absolute Gasteiger partial charge is 0.220 e. The Balaban J connectivity index is 2.18. The summed E-state index contributed by atoms with van der Waals surface area (Å²) in [7, 11) is 0. The number of carbonyl (C=O) groups is 1. The highest BCUT2D eigenvalue weighted by Gasteiger charge is 2.21. The SMILES string of the molecule is N#Cc1ccc([C@@H]2CCC(=O)N2)cc1. The highest BCUT2D eigenvalue weighted by Crippen LogP contribution is 2.23. The first-order chi connectivity index (χ1) is 6.79. The number of carbonyl (C=O) groups excluding carboxylic acids is 1. The molecule has 1 aliphatic rings. The van der Waals surface area contributed by atoms with Crippen molar-refractivity contribution in [3.8, 4) is 6.07 Å². The van der Waals surface area contributed by atoms with E-state index in [1.165, 1.54) is 0 Å². The lowest BCUT2D eigenvalue weighted by atomic mass is 10.0. The largest absolute Gasteiger partial charge is 0.349 e. The van der Waals surface area contributed by atoms with Crippen LogP contribution in [0.1, 0.15) is 30.0 Å². The van der Waals surface area contributed by atoms with E-state index in [-0.39, 0.29) is 11.9 Å². The van der Waals surface area contributed by atoms with Crippen molar-refractivity contribution in [2.45, 2.75) is 18.9 Å². The average Bonchev–Trinajstić information content (AvgIpc) is 2.65. The highest BCUT2D eigenvalue weighted by atomic mass is 16.1. The summed E-state index contributed by atoms with van der Waals surface area (Å²) in [6.45, 7) is 0. The molecule has 1 aromatic carbocycles. The van der Waals surface area contributed by atoms with Crippen molar-refractivity contribution >= 4 is 5.91 Å². The van der Waals surface area contributed by atoms with Gasteiger partial charge in [-0.1, -0.05) is 12.1 Å². The zero-order valence-electron chi connectivity index (χ0n) is 7.66. The molecule has 0 saturated carbocycles. The van der Waals surface area contributed by atoms with Crippen LogP contribution in [0, 0.1) is 11.3 Å². The van der Waals surface area contributed by atoms with Crippen LogP contribution in [0.4, 0.5) is 0 Å². The molecular weight excluding hydrogens is 176 g/mol. The van der Waals surface area contributed by atoms with Crippen LogP contribution in [0.2, 0.25) is 0 Å². The van der Waals surface area contributed by atoms with E-state index < -0.39 is 0 Å². The molecule has 1 fully saturated rings. The Labute approximate surface area is 82.4 Å². The van der Waals surface area contributed by atoms with Gasteiger partial charge < -0.3 is 5.32 Å². The quantitative estimate of drug-likeness (QED) is 0.722. The standard InChI is InChI=1S/C11H10N2O/c12-7-8-1-3-9(4-2-8)10-5-6-11(14)13-10/h1-4,10H,5-6H2,(H,13,14)/t10-/m0/s1. The average molecular weight is 186 g/mol. The van der Waals surface area contributed by atoms with Gasteiger partial charge in [0.15, 0.2) is 0 Å². The van der Waals surface area contributed by atoms with E-state index in [4.69, 9.17) is 5.26 Å². The molecule has 1 atom stereocenters. The number of nitrogens with zero attached hydrogens (tertiary/aromatic N) is 1. The fourth-order valence-corrected chi connectivity index (χ4v) is 1.65. The first-order valence-electron chi connectivity index (χ1n) is 4.59. The summed E-state index contributed by atoms with van der Waals surface area (Å²) in [5.74, 6) is 0.111. The normalized spacial score (nSPS) is 20.2. The Morgan fingerprint density at radius 1 is 1.36 bits per heavy atom. The number of nitriles is 1. The molecule has 70 valence electrons. The predicted molar refractivity (Wildman–Crippen MR) is 51.3 cm³/mol. The summed E-state index contributed by atoms with van der Waals surface area (Å²) >= 11 is 0. The number of nitrogens with one attached hydrogen (secondary N) is 1. The number of rotatable bonds is 1. The maximum atomic E-state index is 11.0. The summed E-state index contributed by atoms with van der Waals surface area (Å²) in [4.78, 5) is 11.0. The van der Waals surface area contributed by atoms with Crippen LogP contribution in [0.5, 0.6) is 0 Å². The van der Waals surface area contributed by atoms with Gasteiger partial charge in [-0.15, -0.1) is 0 Å². The van der Waals surface area contributed by atoms with Gasteiger partial charge >= 0.3 is 0 Å². The third kappa shape index (κ3) is 1.60. The molecule has 3 nitrogen and oxygen atoms in total. The van der Waals surface area contributed by atoms with Crippen molar-refractivity contribution in [2.75, 3.05) is 0 Å². The first kappa shape index (κ1) is 8.76. The summed E-state index contributed by atoms with van der Waals surface area (Å²) in [6, 6.07) is 9.55. The van der Waals surface area contributed by atoms with Crippen molar-refractivity contribution in [1.82, 2.24) is 5.32 Å². The molecule has 0 spiro atoms. The van der Waals surface area contributed by atoms with E-state index in [0.29, 0.717) is 12.0 Å². The van der Waals surface area contributed by atoms with Crippen LogP contribution in [-0.2, 0) is 4.79 Å². The summed E-state index contributed by atoms with van der Waals surface area (Å²) < 4.78 is 0. The molecule has 0 radical (unpaired) electrons. The molecule has 1 aliphatic heterocycles. The molecule has 14 heavy (non-hydrogen) atoms. The zero-order chi connectivity index (χ0) is 9.97. The minimum absolute atomic E-state index is 0.111. The highest BCUT2D eigenvalue weighted by molar-refractivity contribution is 5.78. The Morgan fingerprint density at radius 2 is 2.07 bits per heavy atom. The van der Waals surface area contributed by atoms with Crippen LogP contribution >= 0.6 is 0 Å². The van der Waals surface area contributed by atoms with Gasteiger partial charge in [0, 0.05) is 6.42 Å². The Morgan fingerprint density at radius 3 is 2.57 bits per heavy atom. The first-order valence-corrected chi connectivity index (χ1v) is 4.59. The van der Waals surface area contributed by atoms with Crippen LogP contribution in [0.3, 0.4) is 0 Å². The topological polar surface area (TPSA) is 52.9 Å². The molecule has 3 heteroatoms. The van der Waals surface area contributed by atoms with Gasteiger partial charge in [-0.3, -0.25) is 4.79 Å². The lowest BCUT2D eigenvalue weighted by molar-refractivity contribution is -0.119. The zero-order valence-corrected chi connectivity index (χ0v) is 7.66. The molecule has 2 rings (SSSR count). The third-order valence-corrected chi connectivity index (χ3v) is 2.44. The number of hydrogen-bond donors (Lipinski definition) is 1. The monoisotopic (exact) mass is 186 g/mol. The van der Waals surface area contributed by atoms with Gasteiger partial charge in [-0.2, -0.15) is 5.26 Å². The minimum atomic E-state index is 0.111. The maximum Gasteiger partial charge on any atom is 0.220 e. The second-order valence-electron chi connectivity index (χ2n) is 3.39. The van der Waals surface area contributed by atoms with Crippen molar-refractivity contribution < 1.29 is 4.79 Å². The Kier molecular flexibility index (Phi) is 2.19.